The van der Waals surface area contributed by atoms with Crippen LogP contribution in [0.2, 0.25) is 0 Å². The van der Waals surface area contributed by atoms with Crippen LogP contribution < -0.4 is 11.1 Å². The minimum Gasteiger partial charge on any atom is -0.370 e. The molecule has 1 saturated heterocycles. The van der Waals surface area contributed by atoms with Crippen molar-refractivity contribution in [2.75, 3.05) is 19.3 Å². The highest BCUT2D eigenvalue weighted by Gasteiger charge is 2.36. The number of Topliss-reactive ketones (excluding diaryl/α,β-unsaturated/α-hetero) is 1. The Kier molecular flexibility index (Phi) is 6.48. The molecule has 1 aliphatic rings. The highest BCUT2D eigenvalue weighted by molar-refractivity contribution is 7.88. The summed E-state index contributed by atoms with van der Waals surface area (Å²) < 4.78 is 24.6. The van der Waals surface area contributed by atoms with E-state index >= 15 is 0 Å². The fraction of sp³-hybridized carbons (Fsp3) is 0.769. The van der Waals surface area contributed by atoms with Gasteiger partial charge in [-0.25, -0.2) is 12.7 Å². The highest BCUT2D eigenvalue weighted by Crippen LogP contribution is 2.19. The lowest BCUT2D eigenvalue weighted by molar-refractivity contribution is -0.134. The Morgan fingerprint density at radius 2 is 2.05 bits per heavy atom. The Bertz CT molecular complexity index is 546. The number of ketones is 1. The second-order valence-electron chi connectivity index (χ2n) is 5.73. The van der Waals surface area contributed by atoms with Gasteiger partial charge in [-0.1, -0.05) is 6.92 Å². The van der Waals surface area contributed by atoms with Crippen molar-refractivity contribution >= 4 is 27.6 Å². The Labute approximate surface area is 130 Å². The van der Waals surface area contributed by atoms with Crippen LogP contribution in [0.1, 0.15) is 32.6 Å². The van der Waals surface area contributed by atoms with E-state index in [4.69, 9.17) is 5.73 Å². The predicted octanol–water partition coefficient (Wildman–Crippen LogP) is -1.00. The maximum Gasteiger partial charge on any atom is 0.236 e. The Morgan fingerprint density at radius 3 is 2.59 bits per heavy atom. The summed E-state index contributed by atoms with van der Waals surface area (Å²) in [6, 6.07) is -0.974. The fourth-order valence-corrected chi connectivity index (χ4v) is 3.68. The van der Waals surface area contributed by atoms with E-state index in [1.807, 2.05) is 0 Å². The highest BCUT2D eigenvalue weighted by atomic mass is 32.2. The van der Waals surface area contributed by atoms with Crippen LogP contribution >= 0.6 is 0 Å². The minimum atomic E-state index is -3.87. The normalized spacial score (nSPS) is 21.0. The first-order valence-electron chi connectivity index (χ1n) is 7.17. The number of rotatable bonds is 6. The number of nitrogens with two attached hydrogens (primary N) is 1. The molecule has 126 valence electrons. The molecule has 1 rings (SSSR count). The van der Waals surface area contributed by atoms with Gasteiger partial charge in [-0.05, 0) is 25.3 Å². The summed E-state index contributed by atoms with van der Waals surface area (Å²) >= 11 is 0. The summed E-state index contributed by atoms with van der Waals surface area (Å²) in [6.07, 6.45) is 1.66. The number of nitrogens with zero attached hydrogens (tertiary/aromatic N) is 1. The van der Waals surface area contributed by atoms with E-state index in [-0.39, 0.29) is 31.1 Å². The lowest BCUT2D eigenvalue weighted by atomic mass is 10.0. The maximum atomic E-state index is 12.4. The average molecular weight is 333 g/mol. The molecule has 0 spiro atoms. The van der Waals surface area contributed by atoms with Gasteiger partial charge in [-0.15, -0.1) is 0 Å². The van der Waals surface area contributed by atoms with Crippen molar-refractivity contribution in [3.05, 3.63) is 0 Å². The Balaban J connectivity index is 2.95. The number of nitrogens with one attached hydrogen (secondary N) is 1. The molecule has 1 heterocycles. The summed E-state index contributed by atoms with van der Waals surface area (Å²) in [7, 11) is -3.87. The molecule has 3 N–H and O–H groups in total. The van der Waals surface area contributed by atoms with Crippen LogP contribution in [0.15, 0.2) is 0 Å². The van der Waals surface area contributed by atoms with Gasteiger partial charge in [0, 0.05) is 12.8 Å². The molecule has 0 aromatic carbocycles. The van der Waals surface area contributed by atoms with Gasteiger partial charge in [0.15, 0.2) is 5.78 Å². The quantitative estimate of drug-likeness (QED) is 0.642. The first kappa shape index (κ1) is 18.6. The zero-order valence-electron chi connectivity index (χ0n) is 12.9. The predicted molar refractivity (Wildman–Crippen MR) is 80.2 cm³/mol. The number of primary amides is 1. The van der Waals surface area contributed by atoms with Crippen molar-refractivity contribution in [1.29, 1.82) is 0 Å². The lowest BCUT2D eigenvalue weighted by Gasteiger charge is -2.28. The van der Waals surface area contributed by atoms with E-state index in [9.17, 15) is 22.8 Å². The molecule has 22 heavy (non-hydrogen) atoms. The van der Waals surface area contributed by atoms with Gasteiger partial charge >= 0.3 is 0 Å². The monoisotopic (exact) mass is 333 g/mol. The van der Waals surface area contributed by atoms with Gasteiger partial charge < -0.3 is 11.1 Å². The van der Waals surface area contributed by atoms with Crippen molar-refractivity contribution in [3.63, 3.8) is 0 Å². The maximum absolute atomic E-state index is 12.4. The number of carbonyl (C=O) groups is 3. The number of hydrogen-bond donors (Lipinski definition) is 2. The SMILES string of the molecule is C[C@@H](CC(N)=O)CC(=O)N(C1CCCNCC1=O)S(C)(=O)=O. The van der Waals surface area contributed by atoms with Crippen LogP contribution in [0.4, 0.5) is 0 Å². The molecular formula is C13H23N3O5S. The van der Waals surface area contributed by atoms with E-state index in [0.29, 0.717) is 23.7 Å². The van der Waals surface area contributed by atoms with Gasteiger partial charge in [0.05, 0.1) is 12.8 Å². The summed E-state index contributed by atoms with van der Waals surface area (Å²) in [5.41, 5.74) is 5.07. The van der Waals surface area contributed by atoms with E-state index in [2.05, 4.69) is 5.32 Å². The van der Waals surface area contributed by atoms with Gasteiger partial charge in [0.2, 0.25) is 21.8 Å². The molecule has 0 aliphatic carbocycles. The van der Waals surface area contributed by atoms with Crippen molar-refractivity contribution in [3.8, 4) is 0 Å². The summed E-state index contributed by atoms with van der Waals surface area (Å²) in [5.74, 6) is -1.93. The molecule has 1 aliphatic heterocycles. The van der Waals surface area contributed by atoms with Crippen LogP contribution in [0.3, 0.4) is 0 Å². The van der Waals surface area contributed by atoms with E-state index < -0.39 is 27.9 Å². The molecule has 8 nitrogen and oxygen atoms in total. The first-order valence-corrected chi connectivity index (χ1v) is 9.01. The van der Waals surface area contributed by atoms with Gasteiger partial charge in [0.25, 0.3) is 0 Å². The minimum absolute atomic E-state index is 0.0104. The Hall–Kier alpha value is -1.48. The molecule has 2 atom stereocenters. The van der Waals surface area contributed by atoms with E-state index in [1.165, 1.54) is 0 Å². The third-order valence-corrected chi connectivity index (χ3v) is 4.63. The summed E-state index contributed by atoms with van der Waals surface area (Å²) in [4.78, 5) is 35.3. The number of amides is 2. The van der Waals surface area contributed by atoms with Crippen LogP contribution in [0, 0.1) is 5.92 Å². The second kappa shape index (κ2) is 7.68. The first-order chi connectivity index (χ1) is 10.1. The van der Waals surface area contributed by atoms with Crippen LogP contribution in [0.25, 0.3) is 0 Å². The molecule has 2 amide bonds. The third-order valence-electron chi connectivity index (χ3n) is 3.46. The van der Waals surface area contributed by atoms with E-state index in [0.717, 1.165) is 6.26 Å². The summed E-state index contributed by atoms with van der Waals surface area (Å²) in [6.45, 7) is 2.28. The van der Waals surface area contributed by atoms with Crippen molar-refractivity contribution < 1.29 is 22.8 Å². The van der Waals surface area contributed by atoms with Crippen molar-refractivity contribution in [2.45, 2.75) is 38.6 Å². The number of carbonyl (C=O) groups excluding carboxylic acids is 3. The smallest absolute Gasteiger partial charge is 0.236 e. The molecule has 0 radical (unpaired) electrons. The number of sulfonamides is 1. The zero-order chi connectivity index (χ0) is 16.9. The van der Waals surface area contributed by atoms with Crippen LogP contribution in [0.5, 0.6) is 0 Å². The molecule has 0 saturated carbocycles. The average Bonchev–Trinajstić information content (AvgIpc) is 2.52. The van der Waals surface area contributed by atoms with Crippen molar-refractivity contribution in [1.82, 2.24) is 9.62 Å². The van der Waals surface area contributed by atoms with Gasteiger partial charge in [0.1, 0.15) is 6.04 Å². The molecule has 1 unspecified atom stereocenters. The second-order valence-corrected chi connectivity index (χ2v) is 7.59. The standard InChI is InChI=1S/C13H23N3O5S/c1-9(6-12(14)18)7-13(19)16(22(2,20)21)10-4-3-5-15-8-11(10)17/h9-10,15H,3-8H2,1-2H3,(H2,14,18)/t9-,10?/m0/s1. The molecular weight excluding hydrogens is 310 g/mol. The molecule has 0 bridgehead atoms. The van der Waals surface area contributed by atoms with Gasteiger partial charge in [-0.3, -0.25) is 14.4 Å². The molecule has 9 heteroatoms. The fourth-order valence-electron chi connectivity index (χ4n) is 2.55. The van der Waals surface area contributed by atoms with Crippen molar-refractivity contribution in [2.24, 2.45) is 11.7 Å². The third kappa shape index (κ3) is 5.38. The molecule has 0 aromatic heterocycles. The van der Waals surface area contributed by atoms with Crippen LogP contribution in [-0.2, 0) is 24.4 Å². The lowest BCUT2D eigenvalue weighted by Crippen LogP contribution is -2.49. The van der Waals surface area contributed by atoms with Crippen LogP contribution in [-0.4, -0.2) is 55.7 Å². The zero-order valence-corrected chi connectivity index (χ0v) is 13.7. The van der Waals surface area contributed by atoms with E-state index in [1.54, 1.807) is 6.92 Å². The molecule has 1 fully saturated rings. The summed E-state index contributed by atoms with van der Waals surface area (Å²) in [5, 5.41) is 2.90. The topological polar surface area (TPSA) is 127 Å². The number of hydrogen-bond acceptors (Lipinski definition) is 6. The Morgan fingerprint density at radius 1 is 1.41 bits per heavy atom. The largest absolute Gasteiger partial charge is 0.370 e. The molecule has 0 aromatic rings. The van der Waals surface area contributed by atoms with Gasteiger partial charge in [-0.2, -0.15) is 0 Å².